The number of rotatable bonds is 25. The normalized spacial score (nSPS) is 13.2. The van der Waals surface area contributed by atoms with Gasteiger partial charge in [-0.25, -0.2) is 0 Å². The zero-order valence-electron chi connectivity index (χ0n) is 25.6. The molecule has 0 aliphatic heterocycles. The number of hydrogen-bond acceptors (Lipinski definition) is 10. The van der Waals surface area contributed by atoms with Crippen molar-refractivity contribution in [3.05, 3.63) is 0 Å². The Labute approximate surface area is 235 Å². The maximum atomic E-state index is 12.6. The van der Waals surface area contributed by atoms with Crippen LogP contribution in [0.15, 0.2) is 0 Å². The first-order chi connectivity index (χ1) is 18.1. The van der Waals surface area contributed by atoms with Crippen LogP contribution in [0.3, 0.4) is 0 Å². The standard InChI is InChI=1S/C23H55NO10Si4/c1-11-24-23(25)15-22-35(16-12-19-36(26-2,27-3)28-4,17-13-20-37(29-5,30-6)31-7)18-14-21-38(32-8,33-9)34-10/h11-22H2,1-10H3,(H,24,25). The Morgan fingerprint density at radius 2 is 0.789 bits per heavy atom. The van der Waals surface area contributed by atoms with Gasteiger partial charge in [0.15, 0.2) is 0 Å². The number of carbonyl (C=O) groups excluding carboxylic acids is 1. The summed E-state index contributed by atoms with van der Waals surface area (Å²) < 4.78 is 51.1. The van der Waals surface area contributed by atoms with Gasteiger partial charge >= 0.3 is 26.4 Å². The predicted molar refractivity (Wildman–Crippen MR) is 157 cm³/mol. The van der Waals surface area contributed by atoms with Gasteiger partial charge in [-0.05, 0) is 13.0 Å². The summed E-state index contributed by atoms with van der Waals surface area (Å²) in [5.41, 5.74) is 0. The van der Waals surface area contributed by atoms with Crippen LogP contribution in [-0.2, 0) is 44.6 Å². The van der Waals surface area contributed by atoms with Gasteiger partial charge in [0.1, 0.15) is 0 Å². The fourth-order valence-electron chi connectivity index (χ4n) is 5.12. The molecule has 1 N–H and O–H groups in total. The van der Waals surface area contributed by atoms with Crippen molar-refractivity contribution in [3.8, 4) is 0 Å². The van der Waals surface area contributed by atoms with Gasteiger partial charge in [0.2, 0.25) is 5.91 Å². The number of hydrogen-bond donors (Lipinski definition) is 1. The van der Waals surface area contributed by atoms with E-state index in [1.807, 2.05) is 6.92 Å². The highest BCUT2D eigenvalue weighted by Crippen LogP contribution is 2.36. The molecule has 0 rings (SSSR count). The lowest BCUT2D eigenvalue weighted by molar-refractivity contribution is -0.120. The first-order valence-corrected chi connectivity index (χ1v) is 22.0. The lowest BCUT2D eigenvalue weighted by Crippen LogP contribution is -2.45. The zero-order valence-corrected chi connectivity index (χ0v) is 29.6. The SMILES string of the molecule is CCNC(=O)CC[Si](CCC[Si](OC)(OC)OC)(CCC[Si](OC)(OC)OC)CCC[Si](OC)(OC)OC. The second-order valence-corrected chi connectivity index (χ2v) is 23.7. The molecule has 0 aromatic carbocycles. The quantitative estimate of drug-likeness (QED) is 0.152. The van der Waals surface area contributed by atoms with Crippen LogP contribution in [0.2, 0.25) is 42.3 Å². The van der Waals surface area contributed by atoms with E-state index in [1.165, 1.54) is 0 Å². The van der Waals surface area contributed by atoms with Crippen molar-refractivity contribution in [2.45, 2.75) is 74.9 Å². The average Bonchev–Trinajstić information content (AvgIpc) is 2.95. The highest BCUT2D eigenvalue weighted by atomic mass is 28.4. The summed E-state index contributed by atoms with van der Waals surface area (Å²) in [5.74, 6) is 0.0996. The summed E-state index contributed by atoms with van der Waals surface area (Å²) in [6.45, 7) is 2.58. The third-order valence-electron chi connectivity index (χ3n) is 7.63. The van der Waals surface area contributed by atoms with Crippen molar-refractivity contribution in [1.82, 2.24) is 5.32 Å². The monoisotopic (exact) mass is 617 g/mol. The van der Waals surface area contributed by atoms with E-state index in [0.717, 1.165) is 61.6 Å². The lowest BCUT2D eigenvalue weighted by atomic mass is 10.4. The molecule has 0 fully saturated rings. The number of carbonyl (C=O) groups is 1. The first kappa shape index (κ1) is 38.0. The summed E-state index contributed by atoms with van der Waals surface area (Å²) in [6, 6.07) is 6.16. The Hall–Kier alpha value is -0.0225. The molecular weight excluding hydrogens is 563 g/mol. The van der Waals surface area contributed by atoms with Crippen LogP contribution in [0.5, 0.6) is 0 Å². The van der Waals surface area contributed by atoms with E-state index in [1.54, 1.807) is 64.0 Å². The second-order valence-electron chi connectivity index (χ2n) is 9.40. The lowest BCUT2D eigenvalue weighted by Gasteiger charge is -2.35. The molecule has 0 saturated heterocycles. The summed E-state index contributed by atoms with van der Waals surface area (Å²) >= 11 is 0. The molecule has 1 amide bonds. The maximum Gasteiger partial charge on any atom is 0.500 e. The van der Waals surface area contributed by atoms with Gasteiger partial charge in [0.25, 0.3) is 0 Å². The molecule has 0 radical (unpaired) electrons. The average molecular weight is 618 g/mol. The van der Waals surface area contributed by atoms with Gasteiger partial charge in [-0.2, -0.15) is 0 Å². The van der Waals surface area contributed by atoms with Crippen LogP contribution in [-0.4, -0.2) is 111 Å². The molecule has 0 aromatic heterocycles. The van der Waals surface area contributed by atoms with Crippen molar-refractivity contribution in [2.24, 2.45) is 0 Å². The Morgan fingerprint density at radius 3 is 1.03 bits per heavy atom. The molecule has 0 aromatic rings. The number of nitrogens with one attached hydrogen (secondary N) is 1. The van der Waals surface area contributed by atoms with Gasteiger partial charge in [-0.15, -0.1) is 0 Å². The van der Waals surface area contributed by atoms with Gasteiger partial charge in [-0.3, -0.25) is 4.79 Å². The molecule has 0 aliphatic rings. The Morgan fingerprint density at radius 1 is 0.500 bits per heavy atom. The molecule has 0 atom stereocenters. The highest BCUT2D eigenvalue weighted by Gasteiger charge is 2.43. The molecule has 0 spiro atoms. The van der Waals surface area contributed by atoms with Gasteiger partial charge in [-0.1, -0.05) is 37.4 Å². The number of amides is 1. The molecule has 15 heteroatoms. The van der Waals surface area contributed by atoms with Crippen LogP contribution in [0.1, 0.15) is 32.6 Å². The van der Waals surface area contributed by atoms with Gasteiger partial charge < -0.3 is 45.2 Å². The van der Waals surface area contributed by atoms with Crippen LogP contribution in [0.4, 0.5) is 0 Å². The van der Waals surface area contributed by atoms with E-state index in [0.29, 0.717) is 13.0 Å². The molecule has 0 aliphatic carbocycles. The predicted octanol–water partition coefficient (Wildman–Crippen LogP) is 3.77. The summed E-state index contributed by atoms with van der Waals surface area (Å²) in [5, 5.41) is 2.97. The third-order valence-corrected chi connectivity index (χ3v) is 21.7. The van der Waals surface area contributed by atoms with Crippen molar-refractivity contribution < 1.29 is 44.6 Å². The summed E-state index contributed by atoms with van der Waals surface area (Å²) in [4.78, 5) is 12.6. The fraction of sp³-hybridized carbons (Fsp3) is 0.957. The maximum absolute atomic E-state index is 12.6. The Kier molecular flexibility index (Phi) is 19.9. The van der Waals surface area contributed by atoms with E-state index in [-0.39, 0.29) is 5.91 Å². The minimum atomic E-state index is -2.70. The van der Waals surface area contributed by atoms with Gasteiger partial charge in [0, 0.05) is 95.1 Å². The Bertz CT molecular complexity index is 534. The molecule has 0 saturated carbocycles. The van der Waals surface area contributed by atoms with Crippen molar-refractivity contribution in [1.29, 1.82) is 0 Å². The van der Waals surface area contributed by atoms with Crippen molar-refractivity contribution in [2.75, 3.05) is 70.5 Å². The summed E-state index contributed by atoms with van der Waals surface area (Å²) in [7, 11) is 4.74. The largest absolute Gasteiger partial charge is 0.500 e. The first-order valence-electron chi connectivity index (χ1n) is 13.4. The molecule has 38 heavy (non-hydrogen) atoms. The topological polar surface area (TPSA) is 112 Å². The molecule has 228 valence electrons. The van der Waals surface area contributed by atoms with E-state index < -0.39 is 34.5 Å². The molecule has 0 heterocycles. The summed E-state index contributed by atoms with van der Waals surface area (Å²) in [6.07, 6.45) is 3.24. The second kappa shape index (κ2) is 20.0. The van der Waals surface area contributed by atoms with Gasteiger partial charge in [0.05, 0.1) is 8.07 Å². The van der Waals surface area contributed by atoms with E-state index in [4.69, 9.17) is 39.8 Å². The van der Waals surface area contributed by atoms with Crippen LogP contribution < -0.4 is 5.32 Å². The fourth-order valence-corrected chi connectivity index (χ4v) is 16.4. The molecule has 0 bridgehead atoms. The van der Waals surface area contributed by atoms with E-state index in [2.05, 4.69) is 5.32 Å². The highest BCUT2D eigenvalue weighted by molar-refractivity contribution is 6.80. The van der Waals surface area contributed by atoms with Crippen molar-refractivity contribution >= 4 is 40.4 Å². The van der Waals surface area contributed by atoms with E-state index >= 15 is 0 Å². The minimum Gasteiger partial charge on any atom is -0.377 e. The van der Waals surface area contributed by atoms with Crippen LogP contribution in [0.25, 0.3) is 0 Å². The minimum absolute atomic E-state index is 0.0996. The Balaban J connectivity index is 5.95. The van der Waals surface area contributed by atoms with Crippen molar-refractivity contribution in [3.63, 3.8) is 0 Å². The molecule has 11 nitrogen and oxygen atoms in total. The molecular formula is C23H55NO10Si4. The zero-order chi connectivity index (χ0) is 29.1. The molecule has 0 unspecified atom stereocenters. The van der Waals surface area contributed by atoms with E-state index in [9.17, 15) is 4.79 Å². The van der Waals surface area contributed by atoms with Crippen LogP contribution >= 0.6 is 0 Å². The smallest absolute Gasteiger partial charge is 0.377 e. The van der Waals surface area contributed by atoms with Crippen LogP contribution in [0, 0.1) is 0 Å². The third kappa shape index (κ3) is 12.2.